The molecule has 0 aromatic rings. The third-order valence-corrected chi connectivity index (χ3v) is 4.09. The Kier molecular flexibility index (Phi) is 5.84. The molecule has 4 heteroatoms. The summed E-state index contributed by atoms with van der Waals surface area (Å²) in [5.41, 5.74) is -1.86. The fourth-order valence-electron chi connectivity index (χ4n) is 2.25. The van der Waals surface area contributed by atoms with Gasteiger partial charge in [0.1, 0.15) is 0 Å². The maximum atomic E-state index is 11.6. The standard InChI is InChI=1S/C14H26O4/c1-6-7-8-9-10(11(15)16)14(5,12(17)18)13(2,3)4/h10H,6-9H2,1-5H3,(H,15,16)(H,17,18). The molecule has 0 aliphatic rings. The quantitative estimate of drug-likeness (QED) is 0.686. The van der Waals surface area contributed by atoms with Gasteiger partial charge in [0.25, 0.3) is 0 Å². The van der Waals surface area contributed by atoms with Gasteiger partial charge in [0, 0.05) is 0 Å². The number of unbranched alkanes of at least 4 members (excludes halogenated alkanes) is 2. The van der Waals surface area contributed by atoms with E-state index in [1.54, 1.807) is 27.7 Å². The van der Waals surface area contributed by atoms with E-state index in [1.165, 1.54) is 0 Å². The summed E-state index contributed by atoms with van der Waals surface area (Å²) in [5, 5.41) is 18.8. The second-order valence-corrected chi connectivity index (χ2v) is 6.14. The first kappa shape index (κ1) is 16.9. The van der Waals surface area contributed by atoms with Crippen LogP contribution in [-0.4, -0.2) is 22.2 Å². The number of aliphatic carboxylic acids is 2. The predicted molar refractivity (Wildman–Crippen MR) is 70.5 cm³/mol. The van der Waals surface area contributed by atoms with Crippen LogP contribution in [0.1, 0.15) is 60.3 Å². The molecule has 0 fully saturated rings. The van der Waals surface area contributed by atoms with Crippen LogP contribution in [0.2, 0.25) is 0 Å². The molecular weight excluding hydrogens is 232 g/mol. The fourth-order valence-corrected chi connectivity index (χ4v) is 2.25. The molecule has 4 nitrogen and oxygen atoms in total. The van der Waals surface area contributed by atoms with Gasteiger partial charge in [0.15, 0.2) is 0 Å². The van der Waals surface area contributed by atoms with Gasteiger partial charge in [-0.2, -0.15) is 0 Å². The molecule has 0 aromatic carbocycles. The normalized spacial score (nSPS) is 16.9. The second-order valence-electron chi connectivity index (χ2n) is 6.14. The van der Waals surface area contributed by atoms with E-state index in [2.05, 4.69) is 0 Å². The van der Waals surface area contributed by atoms with E-state index in [1.807, 2.05) is 6.92 Å². The molecule has 0 aromatic heterocycles. The molecular formula is C14H26O4. The van der Waals surface area contributed by atoms with Gasteiger partial charge in [-0.3, -0.25) is 9.59 Å². The lowest BCUT2D eigenvalue weighted by atomic mass is 9.59. The van der Waals surface area contributed by atoms with Gasteiger partial charge in [-0.05, 0) is 18.8 Å². The Morgan fingerprint density at radius 3 is 1.83 bits per heavy atom. The van der Waals surface area contributed by atoms with Crippen LogP contribution >= 0.6 is 0 Å². The zero-order valence-electron chi connectivity index (χ0n) is 12.1. The summed E-state index contributed by atoms with van der Waals surface area (Å²) in [6.45, 7) is 8.96. The number of rotatable bonds is 7. The highest BCUT2D eigenvalue weighted by molar-refractivity contribution is 5.83. The zero-order valence-corrected chi connectivity index (χ0v) is 12.1. The minimum Gasteiger partial charge on any atom is -0.481 e. The molecule has 0 saturated carbocycles. The third kappa shape index (κ3) is 3.47. The van der Waals surface area contributed by atoms with Crippen molar-refractivity contribution in [3.05, 3.63) is 0 Å². The highest BCUT2D eigenvalue weighted by Crippen LogP contribution is 2.46. The van der Waals surface area contributed by atoms with Crippen molar-refractivity contribution in [3.8, 4) is 0 Å². The molecule has 2 unspecified atom stereocenters. The molecule has 0 rings (SSSR count). The van der Waals surface area contributed by atoms with Gasteiger partial charge in [-0.15, -0.1) is 0 Å². The number of carbonyl (C=O) groups is 2. The van der Waals surface area contributed by atoms with Crippen LogP contribution in [0.25, 0.3) is 0 Å². The Bertz CT molecular complexity index is 303. The van der Waals surface area contributed by atoms with Crippen LogP contribution in [0.3, 0.4) is 0 Å². The van der Waals surface area contributed by atoms with Gasteiger partial charge in [-0.1, -0.05) is 47.0 Å². The third-order valence-electron chi connectivity index (χ3n) is 4.09. The molecule has 0 aliphatic heterocycles. The highest BCUT2D eigenvalue weighted by atomic mass is 16.4. The van der Waals surface area contributed by atoms with Crippen molar-refractivity contribution in [2.24, 2.45) is 16.7 Å². The van der Waals surface area contributed by atoms with Crippen molar-refractivity contribution in [2.45, 2.75) is 60.3 Å². The summed E-state index contributed by atoms with van der Waals surface area (Å²) >= 11 is 0. The smallest absolute Gasteiger partial charge is 0.310 e. The lowest BCUT2D eigenvalue weighted by Crippen LogP contribution is -2.49. The summed E-state index contributed by atoms with van der Waals surface area (Å²) in [6, 6.07) is 0. The SMILES string of the molecule is CCCCCC(C(=O)O)C(C)(C(=O)O)C(C)(C)C. The van der Waals surface area contributed by atoms with E-state index in [9.17, 15) is 19.8 Å². The summed E-state index contributed by atoms with van der Waals surface area (Å²) in [4.78, 5) is 23.0. The Labute approximate surface area is 109 Å². The minimum atomic E-state index is -1.26. The summed E-state index contributed by atoms with van der Waals surface area (Å²) in [7, 11) is 0. The van der Waals surface area contributed by atoms with Gasteiger partial charge >= 0.3 is 11.9 Å². The summed E-state index contributed by atoms with van der Waals surface area (Å²) in [6.07, 6.45) is 3.10. The predicted octanol–water partition coefficient (Wildman–Crippen LogP) is 3.40. The average Bonchev–Trinajstić information content (AvgIpc) is 2.21. The van der Waals surface area contributed by atoms with Gasteiger partial charge in [0.2, 0.25) is 0 Å². The molecule has 18 heavy (non-hydrogen) atoms. The molecule has 0 bridgehead atoms. The van der Waals surface area contributed by atoms with E-state index in [0.29, 0.717) is 6.42 Å². The maximum Gasteiger partial charge on any atom is 0.310 e. The molecule has 2 atom stereocenters. The van der Waals surface area contributed by atoms with Crippen LogP contribution in [-0.2, 0) is 9.59 Å². The molecule has 0 aliphatic carbocycles. The first-order valence-electron chi connectivity index (χ1n) is 6.55. The van der Waals surface area contributed by atoms with Gasteiger partial charge in [-0.25, -0.2) is 0 Å². The van der Waals surface area contributed by atoms with E-state index in [4.69, 9.17) is 0 Å². The first-order chi connectivity index (χ1) is 8.09. The molecule has 2 N–H and O–H groups in total. The lowest BCUT2D eigenvalue weighted by Gasteiger charge is -2.42. The van der Waals surface area contributed by atoms with Crippen molar-refractivity contribution >= 4 is 11.9 Å². The Balaban J connectivity index is 5.26. The van der Waals surface area contributed by atoms with Crippen LogP contribution in [0.5, 0.6) is 0 Å². The second kappa shape index (κ2) is 6.21. The number of hydrogen-bond donors (Lipinski definition) is 2. The summed E-state index contributed by atoms with van der Waals surface area (Å²) in [5.74, 6) is -2.88. The van der Waals surface area contributed by atoms with Crippen LogP contribution in [0, 0.1) is 16.7 Å². The Hall–Kier alpha value is -1.06. The number of hydrogen-bond acceptors (Lipinski definition) is 2. The van der Waals surface area contributed by atoms with Crippen molar-refractivity contribution in [3.63, 3.8) is 0 Å². The number of carboxylic acid groups (broad SMARTS) is 2. The topological polar surface area (TPSA) is 74.6 Å². The van der Waals surface area contributed by atoms with Crippen LogP contribution in [0.15, 0.2) is 0 Å². The zero-order chi connectivity index (χ0) is 14.6. The Morgan fingerprint density at radius 1 is 1.06 bits per heavy atom. The molecule has 0 spiro atoms. The monoisotopic (exact) mass is 258 g/mol. The molecule has 0 radical (unpaired) electrons. The van der Waals surface area contributed by atoms with Crippen LogP contribution < -0.4 is 0 Å². The van der Waals surface area contributed by atoms with E-state index in [-0.39, 0.29) is 0 Å². The largest absolute Gasteiger partial charge is 0.481 e. The minimum absolute atomic E-state index is 0.420. The molecule has 0 saturated heterocycles. The highest BCUT2D eigenvalue weighted by Gasteiger charge is 2.53. The first-order valence-corrected chi connectivity index (χ1v) is 6.55. The Morgan fingerprint density at radius 2 is 1.56 bits per heavy atom. The number of carboxylic acids is 2. The van der Waals surface area contributed by atoms with E-state index >= 15 is 0 Å². The fraction of sp³-hybridized carbons (Fsp3) is 0.857. The van der Waals surface area contributed by atoms with Crippen molar-refractivity contribution in [1.29, 1.82) is 0 Å². The average molecular weight is 258 g/mol. The van der Waals surface area contributed by atoms with Gasteiger partial charge in [0.05, 0.1) is 11.3 Å². The lowest BCUT2D eigenvalue weighted by molar-refractivity contribution is -0.170. The van der Waals surface area contributed by atoms with E-state index < -0.39 is 28.7 Å². The summed E-state index contributed by atoms with van der Waals surface area (Å²) < 4.78 is 0. The van der Waals surface area contributed by atoms with Gasteiger partial charge < -0.3 is 10.2 Å². The van der Waals surface area contributed by atoms with Crippen molar-refractivity contribution in [1.82, 2.24) is 0 Å². The maximum absolute atomic E-state index is 11.6. The van der Waals surface area contributed by atoms with Crippen molar-refractivity contribution in [2.75, 3.05) is 0 Å². The van der Waals surface area contributed by atoms with Crippen molar-refractivity contribution < 1.29 is 19.8 Å². The molecule has 106 valence electrons. The van der Waals surface area contributed by atoms with E-state index in [0.717, 1.165) is 19.3 Å². The van der Waals surface area contributed by atoms with Crippen LogP contribution in [0.4, 0.5) is 0 Å². The molecule has 0 heterocycles. The molecule has 0 amide bonds.